The first-order valence-electron chi connectivity index (χ1n) is 8.92. The molecule has 3 heteroatoms. The van der Waals surface area contributed by atoms with Gasteiger partial charge in [0.2, 0.25) is 0 Å². The number of aryl methyl sites for hydroxylation is 1. The van der Waals surface area contributed by atoms with Crippen molar-refractivity contribution in [2.24, 2.45) is 5.73 Å². The van der Waals surface area contributed by atoms with Gasteiger partial charge in [0.05, 0.1) is 0 Å². The predicted octanol–water partition coefficient (Wildman–Crippen LogP) is 5.42. The number of rotatable bonds is 7. The summed E-state index contributed by atoms with van der Waals surface area (Å²) in [5.41, 5.74) is 12.2. The highest BCUT2D eigenvalue weighted by atomic mass is 79.9. The van der Waals surface area contributed by atoms with Crippen LogP contribution in [0.15, 0.2) is 77.3 Å². The molecule has 0 saturated carbocycles. The van der Waals surface area contributed by atoms with Crippen LogP contribution in [0.5, 0.6) is 0 Å². The lowest BCUT2D eigenvalue weighted by Crippen LogP contribution is -2.22. The number of nitrogens with zero attached hydrogens (tertiary/aromatic N) is 1. The molecule has 2 nitrogen and oxygen atoms in total. The fraction of sp³-hybridized carbons (Fsp3) is 0.217. The van der Waals surface area contributed by atoms with Gasteiger partial charge in [-0.2, -0.15) is 0 Å². The Morgan fingerprint density at radius 2 is 1.31 bits per heavy atom. The van der Waals surface area contributed by atoms with E-state index < -0.39 is 0 Å². The van der Waals surface area contributed by atoms with E-state index in [9.17, 15) is 0 Å². The molecule has 0 amide bonds. The van der Waals surface area contributed by atoms with E-state index >= 15 is 0 Å². The quantitative estimate of drug-likeness (QED) is 0.565. The van der Waals surface area contributed by atoms with Gasteiger partial charge in [-0.1, -0.05) is 82.2 Å². The van der Waals surface area contributed by atoms with E-state index in [-0.39, 0.29) is 0 Å². The second kappa shape index (κ2) is 9.13. The third-order valence-electron chi connectivity index (χ3n) is 4.45. The van der Waals surface area contributed by atoms with Gasteiger partial charge in [0.15, 0.2) is 0 Å². The van der Waals surface area contributed by atoms with Gasteiger partial charge < -0.3 is 5.73 Å². The van der Waals surface area contributed by atoms with Crippen LogP contribution in [0.3, 0.4) is 0 Å². The normalized spacial score (nSPS) is 11.1. The Morgan fingerprint density at radius 1 is 0.731 bits per heavy atom. The van der Waals surface area contributed by atoms with Crippen LogP contribution in [0.4, 0.5) is 0 Å². The van der Waals surface area contributed by atoms with Crippen LogP contribution >= 0.6 is 15.9 Å². The lowest BCUT2D eigenvalue weighted by molar-refractivity contribution is 0.247. The molecule has 0 radical (unpaired) electrons. The third-order valence-corrected chi connectivity index (χ3v) is 4.94. The van der Waals surface area contributed by atoms with Crippen molar-refractivity contribution in [1.82, 2.24) is 4.90 Å². The molecule has 0 aromatic heterocycles. The van der Waals surface area contributed by atoms with Crippen molar-refractivity contribution in [3.8, 4) is 0 Å². The maximum absolute atomic E-state index is 5.72. The molecule has 0 saturated heterocycles. The predicted molar refractivity (Wildman–Crippen MR) is 113 cm³/mol. The van der Waals surface area contributed by atoms with Crippen molar-refractivity contribution in [3.63, 3.8) is 0 Å². The molecule has 0 bridgehead atoms. The van der Waals surface area contributed by atoms with Gasteiger partial charge >= 0.3 is 0 Å². The molecule has 0 spiro atoms. The lowest BCUT2D eigenvalue weighted by atomic mass is 10.1. The molecule has 0 atom stereocenters. The third kappa shape index (κ3) is 5.53. The fourth-order valence-corrected chi connectivity index (χ4v) is 3.62. The SMILES string of the molecule is Cc1cccc(CN(Cc2ccc(CN)cc2)Cc2cccc(Br)c2)c1. The molecule has 26 heavy (non-hydrogen) atoms. The molecule has 0 fully saturated rings. The van der Waals surface area contributed by atoms with E-state index in [0.29, 0.717) is 6.54 Å². The minimum atomic E-state index is 0.589. The lowest BCUT2D eigenvalue weighted by Gasteiger charge is -2.23. The van der Waals surface area contributed by atoms with Gasteiger partial charge in [0.25, 0.3) is 0 Å². The smallest absolute Gasteiger partial charge is 0.0241 e. The summed E-state index contributed by atoms with van der Waals surface area (Å²) in [6.45, 7) is 5.48. The van der Waals surface area contributed by atoms with Gasteiger partial charge in [-0.25, -0.2) is 0 Å². The van der Waals surface area contributed by atoms with E-state index in [2.05, 4.69) is 101 Å². The largest absolute Gasteiger partial charge is 0.326 e. The first-order valence-corrected chi connectivity index (χ1v) is 9.72. The van der Waals surface area contributed by atoms with Crippen LogP contribution in [-0.2, 0) is 26.2 Å². The standard InChI is InChI=1S/C23H25BrN2/c1-18-4-2-5-21(12-18)16-26(17-22-6-3-7-23(24)13-22)15-20-10-8-19(14-25)9-11-20/h2-13H,14-17,25H2,1H3. The highest BCUT2D eigenvalue weighted by molar-refractivity contribution is 9.10. The summed E-state index contributed by atoms with van der Waals surface area (Å²) in [5, 5.41) is 0. The molecule has 0 aliphatic carbocycles. The average molecular weight is 409 g/mol. The average Bonchev–Trinajstić information content (AvgIpc) is 2.62. The fourth-order valence-electron chi connectivity index (χ4n) is 3.17. The minimum absolute atomic E-state index is 0.589. The van der Waals surface area contributed by atoms with Crippen molar-refractivity contribution in [3.05, 3.63) is 105 Å². The van der Waals surface area contributed by atoms with Gasteiger partial charge in [-0.15, -0.1) is 0 Å². The van der Waals surface area contributed by atoms with Gasteiger partial charge in [0, 0.05) is 30.7 Å². The molecule has 0 aliphatic rings. The van der Waals surface area contributed by atoms with Crippen molar-refractivity contribution >= 4 is 15.9 Å². The Bertz CT molecular complexity index is 795. The van der Waals surface area contributed by atoms with Crippen molar-refractivity contribution in [1.29, 1.82) is 0 Å². The molecule has 0 unspecified atom stereocenters. The number of hydrogen-bond acceptors (Lipinski definition) is 2. The minimum Gasteiger partial charge on any atom is -0.326 e. The number of nitrogens with two attached hydrogens (primary N) is 1. The molecule has 3 aromatic rings. The maximum Gasteiger partial charge on any atom is 0.0241 e. The summed E-state index contributed by atoms with van der Waals surface area (Å²) in [4.78, 5) is 2.48. The zero-order valence-corrected chi connectivity index (χ0v) is 16.7. The van der Waals surface area contributed by atoms with E-state index in [1.807, 2.05) is 0 Å². The van der Waals surface area contributed by atoms with Crippen molar-refractivity contribution in [2.75, 3.05) is 0 Å². The van der Waals surface area contributed by atoms with Crippen LogP contribution in [0.25, 0.3) is 0 Å². The van der Waals surface area contributed by atoms with Gasteiger partial charge in [-0.3, -0.25) is 4.90 Å². The number of halogens is 1. The van der Waals surface area contributed by atoms with E-state index in [0.717, 1.165) is 24.1 Å². The molecule has 3 aromatic carbocycles. The first-order chi connectivity index (χ1) is 12.6. The summed E-state index contributed by atoms with van der Waals surface area (Å²) in [5.74, 6) is 0. The van der Waals surface area contributed by atoms with Crippen LogP contribution in [0.1, 0.15) is 27.8 Å². The maximum atomic E-state index is 5.72. The second-order valence-corrected chi connectivity index (χ2v) is 7.70. The molecule has 0 heterocycles. The van der Waals surface area contributed by atoms with Crippen LogP contribution < -0.4 is 5.73 Å². The Balaban J connectivity index is 1.79. The number of hydrogen-bond donors (Lipinski definition) is 1. The molecule has 134 valence electrons. The Morgan fingerprint density at radius 3 is 1.92 bits per heavy atom. The molecular formula is C23H25BrN2. The van der Waals surface area contributed by atoms with Crippen molar-refractivity contribution in [2.45, 2.75) is 33.1 Å². The zero-order valence-electron chi connectivity index (χ0n) is 15.2. The van der Waals surface area contributed by atoms with Crippen LogP contribution in [0, 0.1) is 6.92 Å². The second-order valence-electron chi connectivity index (χ2n) is 6.78. The number of benzene rings is 3. The van der Waals surface area contributed by atoms with E-state index in [1.165, 1.54) is 27.8 Å². The molecule has 2 N–H and O–H groups in total. The highest BCUT2D eigenvalue weighted by Crippen LogP contribution is 2.18. The van der Waals surface area contributed by atoms with Crippen LogP contribution in [0.2, 0.25) is 0 Å². The molecular weight excluding hydrogens is 384 g/mol. The summed E-state index contributed by atoms with van der Waals surface area (Å²) in [6.07, 6.45) is 0. The van der Waals surface area contributed by atoms with Crippen LogP contribution in [-0.4, -0.2) is 4.90 Å². The summed E-state index contributed by atoms with van der Waals surface area (Å²) in [7, 11) is 0. The van der Waals surface area contributed by atoms with Gasteiger partial charge in [-0.05, 0) is 41.3 Å². The molecule has 3 rings (SSSR count). The summed E-state index contributed by atoms with van der Waals surface area (Å²) >= 11 is 3.58. The Labute approximate surface area is 164 Å². The van der Waals surface area contributed by atoms with Crippen molar-refractivity contribution < 1.29 is 0 Å². The van der Waals surface area contributed by atoms with E-state index in [4.69, 9.17) is 5.73 Å². The Hall–Kier alpha value is -1.94. The topological polar surface area (TPSA) is 29.3 Å². The zero-order chi connectivity index (χ0) is 18.4. The first kappa shape index (κ1) is 18.8. The van der Waals surface area contributed by atoms with Gasteiger partial charge in [0.1, 0.15) is 0 Å². The monoisotopic (exact) mass is 408 g/mol. The Kier molecular flexibility index (Phi) is 6.62. The van der Waals surface area contributed by atoms with E-state index in [1.54, 1.807) is 0 Å². The summed E-state index contributed by atoms with van der Waals surface area (Å²) in [6, 6.07) is 25.9. The highest BCUT2D eigenvalue weighted by Gasteiger charge is 2.09. The molecule has 0 aliphatic heterocycles. The summed E-state index contributed by atoms with van der Waals surface area (Å²) < 4.78 is 1.12.